The smallest absolute Gasteiger partial charge is 0.242 e. The Bertz CT molecular complexity index is 1080. The van der Waals surface area contributed by atoms with Crippen molar-refractivity contribution in [3.63, 3.8) is 0 Å². The van der Waals surface area contributed by atoms with Crippen molar-refractivity contribution >= 4 is 19.9 Å². The van der Waals surface area contributed by atoms with E-state index in [1.165, 1.54) is 56.6 Å². The van der Waals surface area contributed by atoms with Crippen molar-refractivity contribution in [2.24, 2.45) is 5.73 Å². The van der Waals surface area contributed by atoms with Gasteiger partial charge in [0, 0.05) is 26.7 Å². The minimum absolute atomic E-state index is 0.0350. The molecule has 0 spiro atoms. The molecule has 2 rings (SSSR count). The topological polar surface area (TPSA) is 107 Å². The maximum Gasteiger partial charge on any atom is 0.242 e. The Morgan fingerprint density at radius 3 is 2.11 bits per heavy atom. The number of ether oxygens (including phenoxy) is 1. The number of hydrogen-bond donors (Lipinski definition) is 1. The van der Waals surface area contributed by atoms with Crippen LogP contribution in [0.3, 0.4) is 0 Å². The second-order valence-electron chi connectivity index (χ2n) is 5.98. The first-order chi connectivity index (χ1) is 13.1. The van der Waals surface area contributed by atoms with Gasteiger partial charge in [-0.1, -0.05) is 12.1 Å². The highest BCUT2D eigenvalue weighted by Gasteiger charge is 2.19. The van der Waals surface area contributed by atoms with Gasteiger partial charge >= 0.3 is 0 Å². The summed E-state index contributed by atoms with van der Waals surface area (Å²) >= 11 is 0. The summed E-state index contributed by atoms with van der Waals surface area (Å²) in [6, 6.07) is 11.4. The zero-order valence-electron chi connectivity index (χ0n) is 15.4. The monoisotopic (exact) mass is 428 g/mol. The molecule has 0 bridgehead atoms. The summed E-state index contributed by atoms with van der Waals surface area (Å²) in [6.45, 7) is -0.100. The molecule has 28 heavy (non-hydrogen) atoms. The Balaban J connectivity index is 2.30. The zero-order chi connectivity index (χ0) is 20.9. The molecule has 152 valence electrons. The van der Waals surface area contributed by atoms with Gasteiger partial charge in [0.2, 0.25) is 10.0 Å². The minimum Gasteiger partial charge on any atom is -0.457 e. The van der Waals surface area contributed by atoms with Crippen LogP contribution in [-0.2, 0) is 19.9 Å². The van der Waals surface area contributed by atoms with E-state index >= 15 is 0 Å². The van der Waals surface area contributed by atoms with Crippen molar-refractivity contribution in [1.29, 1.82) is 0 Å². The fraction of sp³-hybridized carbons (Fsp3) is 0.222. The number of rotatable bonds is 8. The van der Waals surface area contributed by atoms with Gasteiger partial charge in [-0.15, -0.1) is 0 Å². The number of nitrogens with two attached hydrogens (primary N) is 1. The highest BCUT2D eigenvalue weighted by atomic mass is 32.2. The van der Waals surface area contributed by atoms with E-state index in [4.69, 9.17) is 10.5 Å². The maximum absolute atomic E-state index is 13.6. The quantitative estimate of drug-likeness (QED) is 0.692. The molecule has 2 aromatic carbocycles. The van der Waals surface area contributed by atoms with Crippen molar-refractivity contribution in [3.05, 3.63) is 60.4 Å². The van der Waals surface area contributed by atoms with Crippen LogP contribution in [-0.4, -0.2) is 47.5 Å². The predicted octanol–water partition coefficient (Wildman–Crippen LogP) is 2.32. The second kappa shape index (κ2) is 8.82. The van der Waals surface area contributed by atoms with Crippen molar-refractivity contribution in [3.8, 4) is 11.5 Å². The molecule has 0 aromatic heterocycles. The average Bonchev–Trinajstić information content (AvgIpc) is 2.62. The van der Waals surface area contributed by atoms with Crippen LogP contribution in [0.15, 0.2) is 70.2 Å². The first-order valence-corrected chi connectivity index (χ1v) is 11.2. The third-order valence-corrected chi connectivity index (χ3v) is 7.09. The van der Waals surface area contributed by atoms with Crippen molar-refractivity contribution in [2.45, 2.75) is 9.79 Å². The van der Waals surface area contributed by atoms with Crippen molar-refractivity contribution in [2.75, 3.05) is 26.4 Å². The fourth-order valence-electron chi connectivity index (χ4n) is 2.23. The van der Waals surface area contributed by atoms with Gasteiger partial charge in [0.1, 0.15) is 23.1 Å². The lowest BCUT2D eigenvalue weighted by Gasteiger charge is -2.13. The lowest BCUT2D eigenvalue weighted by Crippen LogP contribution is -2.22. The molecule has 2 N–H and O–H groups in total. The van der Waals surface area contributed by atoms with E-state index in [0.29, 0.717) is 0 Å². The molecule has 0 aliphatic carbocycles. The van der Waals surface area contributed by atoms with Crippen molar-refractivity contribution < 1.29 is 26.0 Å². The summed E-state index contributed by atoms with van der Waals surface area (Å²) in [5.74, 6) is -1.25. The van der Waals surface area contributed by atoms with Gasteiger partial charge in [-0.3, -0.25) is 0 Å². The van der Waals surface area contributed by atoms with Gasteiger partial charge in [-0.05, 0) is 36.4 Å². The van der Waals surface area contributed by atoms with E-state index in [1.807, 2.05) is 0 Å². The number of sulfone groups is 1. The lowest BCUT2D eigenvalue weighted by atomic mass is 10.3. The molecule has 0 unspecified atom stereocenters. The minimum atomic E-state index is -3.92. The Morgan fingerprint density at radius 2 is 1.57 bits per heavy atom. The van der Waals surface area contributed by atoms with Gasteiger partial charge < -0.3 is 10.5 Å². The number of halogens is 1. The highest BCUT2D eigenvalue weighted by Crippen LogP contribution is 2.27. The normalized spacial score (nSPS) is 13.0. The van der Waals surface area contributed by atoms with Gasteiger partial charge in [0.15, 0.2) is 9.84 Å². The summed E-state index contributed by atoms with van der Waals surface area (Å²) in [5.41, 5.74) is 5.18. The Labute approximate surface area is 164 Å². The molecule has 0 aliphatic heterocycles. The van der Waals surface area contributed by atoms with E-state index in [0.717, 1.165) is 10.4 Å². The second-order valence-corrected chi connectivity index (χ2v) is 10.1. The molecule has 0 saturated heterocycles. The van der Waals surface area contributed by atoms with Gasteiger partial charge in [-0.25, -0.2) is 25.5 Å². The Kier molecular flexibility index (Phi) is 6.94. The predicted molar refractivity (Wildman–Crippen MR) is 104 cm³/mol. The third-order valence-electron chi connectivity index (χ3n) is 3.65. The van der Waals surface area contributed by atoms with Crippen LogP contribution in [0.25, 0.3) is 0 Å². The SMILES string of the molecule is CN(C)S(=O)(=O)c1cccc(Oc2cccc(S(=O)(=O)CC(F)=CCN)c2)c1. The summed E-state index contributed by atoms with van der Waals surface area (Å²) < 4.78 is 69.3. The van der Waals surface area contributed by atoms with Gasteiger partial charge in [-0.2, -0.15) is 0 Å². The maximum atomic E-state index is 13.6. The van der Waals surface area contributed by atoms with E-state index in [2.05, 4.69) is 0 Å². The first kappa shape index (κ1) is 22.0. The van der Waals surface area contributed by atoms with Crippen LogP contribution in [0.2, 0.25) is 0 Å². The summed E-state index contributed by atoms with van der Waals surface area (Å²) in [7, 11) is -4.74. The summed E-state index contributed by atoms with van der Waals surface area (Å²) in [6.07, 6.45) is 0.995. The molecule has 0 saturated carbocycles. The van der Waals surface area contributed by atoms with Gasteiger partial charge in [0.25, 0.3) is 0 Å². The van der Waals surface area contributed by atoms with E-state index in [9.17, 15) is 21.2 Å². The van der Waals surface area contributed by atoms with Crippen LogP contribution < -0.4 is 10.5 Å². The summed E-state index contributed by atoms with van der Waals surface area (Å²) in [4.78, 5) is -0.0876. The zero-order valence-corrected chi connectivity index (χ0v) is 17.0. The molecule has 0 radical (unpaired) electrons. The van der Waals surface area contributed by atoms with Crippen LogP contribution in [0, 0.1) is 0 Å². The van der Waals surface area contributed by atoms with Crippen LogP contribution in [0.1, 0.15) is 0 Å². The summed E-state index contributed by atoms with van der Waals surface area (Å²) in [5, 5.41) is 0. The van der Waals surface area contributed by atoms with E-state index < -0.39 is 31.4 Å². The molecule has 0 aliphatic rings. The molecular weight excluding hydrogens is 407 g/mol. The number of benzene rings is 2. The molecule has 2 aromatic rings. The largest absolute Gasteiger partial charge is 0.457 e. The Hall–Kier alpha value is -2.27. The van der Waals surface area contributed by atoms with Crippen LogP contribution >= 0.6 is 0 Å². The number of nitrogens with zero attached hydrogens (tertiary/aromatic N) is 1. The molecular formula is C18H21FN2O5S2. The molecule has 7 nitrogen and oxygen atoms in total. The standard InChI is InChI=1S/C18H21FN2O5S2/c1-21(2)28(24,25)18-8-4-6-16(12-18)26-15-5-3-7-17(11-15)27(22,23)13-14(19)9-10-20/h3-9,11-12H,10,13,20H2,1-2H3. The first-order valence-electron chi connectivity index (χ1n) is 8.14. The number of sulfonamides is 1. The van der Waals surface area contributed by atoms with E-state index in [1.54, 1.807) is 6.07 Å². The molecule has 0 fully saturated rings. The Morgan fingerprint density at radius 1 is 1.04 bits per heavy atom. The van der Waals surface area contributed by atoms with E-state index in [-0.39, 0.29) is 27.8 Å². The van der Waals surface area contributed by atoms with Crippen molar-refractivity contribution in [1.82, 2.24) is 4.31 Å². The molecule has 10 heteroatoms. The van der Waals surface area contributed by atoms with Gasteiger partial charge in [0.05, 0.1) is 9.79 Å². The fourth-order valence-corrected chi connectivity index (χ4v) is 4.39. The molecule has 0 heterocycles. The third kappa shape index (κ3) is 5.38. The molecule has 0 amide bonds. The van der Waals surface area contributed by atoms with Crippen LogP contribution in [0.5, 0.6) is 11.5 Å². The molecule has 0 atom stereocenters. The highest BCUT2D eigenvalue weighted by molar-refractivity contribution is 7.91. The lowest BCUT2D eigenvalue weighted by molar-refractivity contribution is 0.477. The average molecular weight is 429 g/mol. The number of hydrogen-bond acceptors (Lipinski definition) is 6. The van der Waals surface area contributed by atoms with Crippen LogP contribution in [0.4, 0.5) is 4.39 Å².